The minimum Gasteiger partial charge on any atom is -0.323 e. The monoisotopic (exact) mass is 356 g/mol. The van der Waals surface area contributed by atoms with Gasteiger partial charge < -0.3 is 5.73 Å². The Morgan fingerprint density at radius 1 is 1.00 bits per heavy atom. The maximum absolute atomic E-state index is 13.6. The third kappa shape index (κ3) is 3.02. The topological polar surface area (TPSA) is 73.8 Å². The molecule has 4 rings (SSSR count). The van der Waals surface area contributed by atoms with Gasteiger partial charge in [-0.05, 0) is 43.0 Å². The van der Waals surface area contributed by atoms with Gasteiger partial charge >= 0.3 is 0 Å². The Bertz CT molecular complexity index is 1160. The number of aromatic nitrogens is 3. The second-order valence-corrected chi connectivity index (χ2v) is 6.62. The van der Waals surface area contributed by atoms with Gasteiger partial charge in [-0.25, -0.2) is 9.97 Å². The predicted molar refractivity (Wildman–Crippen MR) is 108 cm³/mol. The van der Waals surface area contributed by atoms with Crippen LogP contribution >= 0.6 is 0 Å². The highest BCUT2D eigenvalue weighted by Gasteiger charge is 2.17. The van der Waals surface area contributed by atoms with Crippen LogP contribution in [0.15, 0.2) is 71.8 Å². The van der Waals surface area contributed by atoms with Crippen molar-refractivity contribution in [2.45, 2.75) is 19.9 Å². The number of fused-ring (bicyclic) bond motifs is 1. The van der Waals surface area contributed by atoms with Crippen LogP contribution in [0.1, 0.15) is 24.5 Å². The Balaban J connectivity index is 2.10. The van der Waals surface area contributed by atoms with Crippen LogP contribution in [0.4, 0.5) is 0 Å². The number of para-hydroxylation sites is 1. The van der Waals surface area contributed by atoms with Crippen molar-refractivity contribution in [1.82, 2.24) is 14.5 Å². The first kappa shape index (κ1) is 17.1. The molecule has 0 bridgehead atoms. The van der Waals surface area contributed by atoms with Crippen LogP contribution in [0.3, 0.4) is 0 Å². The molecule has 2 aromatic carbocycles. The normalized spacial score (nSPS) is 12.3. The largest absolute Gasteiger partial charge is 0.323 e. The van der Waals surface area contributed by atoms with E-state index >= 15 is 0 Å². The van der Waals surface area contributed by atoms with Crippen LogP contribution in [0.5, 0.6) is 0 Å². The van der Waals surface area contributed by atoms with Crippen molar-refractivity contribution in [3.63, 3.8) is 0 Å². The average molecular weight is 356 g/mol. The smallest absolute Gasteiger partial charge is 0.263 e. The lowest BCUT2D eigenvalue weighted by atomic mass is 9.99. The summed E-state index contributed by atoms with van der Waals surface area (Å²) in [6.07, 6.45) is 3.51. The molecular formula is C22H20N4O. The summed E-state index contributed by atoms with van der Waals surface area (Å²) in [4.78, 5) is 22.1. The molecule has 0 radical (unpaired) electrons. The maximum Gasteiger partial charge on any atom is 0.263 e. The molecule has 5 heteroatoms. The zero-order valence-electron chi connectivity index (χ0n) is 15.3. The molecule has 0 aliphatic carbocycles. The molecule has 1 atom stereocenters. The highest BCUT2D eigenvalue weighted by molar-refractivity contribution is 5.96. The summed E-state index contributed by atoms with van der Waals surface area (Å²) >= 11 is 0. The van der Waals surface area contributed by atoms with Gasteiger partial charge in [0, 0.05) is 35.4 Å². The van der Waals surface area contributed by atoms with E-state index in [1.165, 1.54) is 0 Å². The zero-order chi connectivity index (χ0) is 19.0. The summed E-state index contributed by atoms with van der Waals surface area (Å²) in [5.41, 5.74) is 9.31. The van der Waals surface area contributed by atoms with Crippen molar-refractivity contribution in [2.24, 2.45) is 5.73 Å². The first-order valence-corrected chi connectivity index (χ1v) is 8.85. The Kier molecular flexibility index (Phi) is 4.30. The van der Waals surface area contributed by atoms with Gasteiger partial charge in [0.05, 0.1) is 5.39 Å². The van der Waals surface area contributed by atoms with E-state index in [1.807, 2.05) is 68.4 Å². The van der Waals surface area contributed by atoms with Crippen LogP contribution in [-0.4, -0.2) is 14.5 Å². The number of aryl methyl sites for hydroxylation is 1. The lowest BCUT2D eigenvalue weighted by Gasteiger charge is -2.18. The van der Waals surface area contributed by atoms with E-state index in [2.05, 4.69) is 9.97 Å². The van der Waals surface area contributed by atoms with Crippen LogP contribution in [0.25, 0.3) is 27.6 Å². The van der Waals surface area contributed by atoms with Gasteiger partial charge in [0.25, 0.3) is 5.56 Å². The summed E-state index contributed by atoms with van der Waals surface area (Å²) in [5.74, 6) is 0.694. The van der Waals surface area contributed by atoms with E-state index in [9.17, 15) is 4.79 Å². The third-order valence-electron chi connectivity index (χ3n) is 4.65. The standard InChI is InChI=1S/C22H20N4O/c1-14(23)20-11-16-7-6-10-19(17-12-24-15(2)25-13-17)21(16)22(27)26(20)18-8-4-3-5-9-18/h3-14H,23H2,1-2H3. The first-order chi connectivity index (χ1) is 13.1. The molecule has 27 heavy (non-hydrogen) atoms. The number of benzene rings is 2. The number of rotatable bonds is 3. The van der Waals surface area contributed by atoms with E-state index in [4.69, 9.17) is 5.73 Å². The lowest BCUT2D eigenvalue weighted by molar-refractivity contribution is 0.734. The molecule has 2 aromatic heterocycles. The number of nitrogens with zero attached hydrogens (tertiary/aromatic N) is 3. The molecular weight excluding hydrogens is 336 g/mol. The fourth-order valence-corrected chi connectivity index (χ4v) is 3.33. The molecule has 0 saturated heterocycles. The van der Waals surface area contributed by atoms with E-state index in [0.717, 1.165) is 27.9 Å². The van der Waals surface area contributed by atoms with Crippen molar-refractivity contribution < 1.29 is 0 Å². The van der Waals surface area contributed by atoms with E-state index in [0.29, 0.717) is 11.2 Å². The van der Waals surface area contributed by atoms with Gasteiger partial charge in [0.15, 0.2) is 0 Å². The van der Waals surface area contributed by atoms with Crippen molar-refractivity contribution in [1.29, 1.82) is 0 Å². The Labute approximate surface area is 157 Å². The highest BCUT2D eigenvalue weighted by Crippen LogP contribution is 2.28. The predicted octanol–water partition coefficient (Wildman–Crippen LogP) is 3.78. The minimum absolute atomic E-state index is 0.0952. The number of hydrogen-bond donors (Lipinski definition) is 1. The van der Waals surface area contributed by atoms with Crippen molar-refractivity contribution in [3.05, 3.63) is 88.9 Å². The van der Waals surface area contributed by atoms with Crippen LogP contribution in [0, 0.1) is 6.92 Å². The molecule has 0 amide bonds. The molecule has 4 aromatic rings. The number of hydrogen-bond acceptors (Lipinski definition) is 4. The van der Waals surface area contributed by atoms with Gasteiger partial charge in [-0.15, -0.1) is 0 Å². The third-order valence-corrected chi connectivity index (χ3v) is 4.65. The Morgan fingerprint density at radius 3 is 2.37 bits per heavy atom. The van der Waals surface area contributed by atoms with Crippen molar-refractivity contribution in [2.75, 3.05) is 0 Å². The molecule has 134 valence electrons. The molecule has 5 nitrogen and oxygen atoms in total. The van der Waals surface area contributed by atoms with E-state index < -0.39 is 0 Å². The van der Waals surface area contributed by atoms with Crippen LogP contribution in [0.2, 0.25) is 0 Å². The van der Waals surface area contributed by atoms with E-state index in [1.54, 1.807) is 17.0 Å². The minimum atomic E-state index is -0.284. The van der Waals surface area contributed by atoms with Gasteiger partial charge in [-0.2, -0.15) is 0 Å². The summed E-state index contributed by atoms with van der Waals surface area (Å²) in [7, 11) is 0. The van der Waals surface area contributed by atoms with Crippen LogP contribution < -0.4 is 11.3 Å². The highest BCUT2D eigenvalue weighted by atomic mass is 16.1. The lowest BCUT2D eigenvalue weighted by Crippen LogP contribution is -2.26. The number of pyridine rings is 1. The van der Waals surface area contributed by atoms with Crippen molar-refractivity contribution in [3.8, 4) is 16.8 Å². The SMILES string of the molecule is Cc1ncc(-c2cccc3cc(C(C)N)n(-c4ccccc4)c(=O)c23)cn1. The fourth-order valence-electron chi connectivity index (χ4n) is 3.33. The van der Waals surface area contributed by atoms with Gasteiger partial charge in [0.1, 0.15) is 5.82 Å². The Hall–Kier alpha value is -3.31. The Morgan fingerprint density at radius 2 is 1.70 bits per heavy atom. The van der Waals surface area contributed by atoms with E-state index in [-0.39, 0.29) is 11.6 Å². The van der Waals surface area contributed by atoms with Crippen molar-refractivity contribution >= 4 is 10.8 Å². The second kappa shape index (κ2) is 6.78. The fraction of sp³-hybridized carbons (Fsp3) is 0.136. The summed E-state index contributed by atoms with van der Waals surface area (Å²) < 4.78 is 1.70. The van der Waals surface area contributed by atoms with Gasteiger partial charge in [-0.3, -0.25) is 9.36 Å². The quantitative estimate of drug-likeness (QED) is 0.606. The van der Waals surface area contributed by atoms with Crippen LogP contribution in [-0.2, 0) is 0 Å². The molecule has 2 heterocycles. The molecule has 0 fully saturated rings. The summed E-state index contributed by atoms with van der Waals surface area (Å²) in [6, 6.07) is 17.1. The number of nitrogens with two attached hydrogens (primary N) is 1. The van der Waals surface area contributed by atoms with Gasteiger partial charge in [-0.1, -0.05) is 36.4 Å². The molecule has 0 spiro atoms. The molecule has 0 saturated carbocycles. The second-order valence-electron chi connectivity index (χ2n) is 6.62. The average Bonchev–Trinajstić information content (AvgIpc) is 2.68. The molecule has 2 N–H and O–H groups in total. The zero-order valence-corrected chi connectivity index (χ0v) is 15.3. The maximum atomic E-state index is 13.6. The summed E-state index contributed by atoms with van der Waals surface area (Å²) in [6.45, 7) is 3.72. The summed E-state index contributed by atoms with van der Waals surface area (Å²) in [5, 5.41) is 1.50. The molecule has 1 unspecified atom stereocenters. The molecule has 0 aliphatic heterocycles. The van der Waals surface area contributed by atoms with Gasteiger partial charge in [0.2, 0.25) is 0 Å². The molecule has 0 aliphatic rings. The first-order valence-electron chi connectivity index (χ1n) is 8.85.